The molecular weight excluding hydrogens is 290 g/mol. The molecule has 124 valence electrons. The second-order valence-electron chi connectivity index (χ2n) is 5.93. The van der Waals surface area contributed by atoms with E-state index in [1.807, 2.05) is 27.7 Å². The second kappa shape index (κ2) is 8.10. The fraction of sp³-hybridized carbons (Fsp3) is 0.929. The Morgan fingerprint density at radius 3 is 2.48 bits per heavy atom. The molecule has 1 aliphatic heterocycles. The molecule has 0 aromatic rings. The number of carbonyl (C=O) groups excluding carboxylic acids is 1. The van der Waals surface area contributed by atoms with Crippen LogP contribution in [0.2, 0.25) is 0 Å². The van der Waals surface area contributed by atoms with Gasteiger partial charge in [0.2, 0.25) is 5.91 Å². The van der Waals surface area contributed by atoms with E-state index in [1.165, 1.54) is 8.61 Å². The Kier molecular flexibility index (Phi) is 7.09. The highest BCUT2D eigenvalue weighted by Crippen LogP contribution is 2.21. The van der Waals surface area contributed by atoms with Crippen LogP contribution in [0.15, 0.2) is 0 Å². The van der Waals surface area contributed by atoms with E-state index in [1.54, 1.807) is 0 Å². The van der Waals surface area contributed by atoms with Crippen molar-refractivity contribution < 1.29 is 13.2 Å². The number of nitrogens with zero attached hydrogens (tertiary/aromatic N) is 2. The van der Waals surface area contributed by atoms with Crippen molar-refractivity contribution >= 4 is 16.1 Å². The van der Waals surface area contributed by atoms with E-state index < -0.39 is 10.2 Å². The molecular formula is C14H29N3O3S. The summed E-state index contributed by atoms with van der Waals surface area (Å²) in [6.07, 6.45) is 1.49. The van der Waals surface area contributed by atoms with Crippen molar-refractivity contribution in [1.82, 2.24) is 13.9 Å². The minimum Gasteiger partial charge on any atom is -0.356 e. The second-order valence-corrected chi connectivity index (χ2v) is 7.86. The topological polar surface area (TPSA) is 69.7 Å². The van der Waals surface area contributed by atoms with Gasteiger partial charge in [-0.05, 0) is 18.8 Å². The molecule has 1 fully saturated rings. The number of hydrogen-bond acceptors (Lipinski definition) is 3. The first-order valence-electron chi connectivity index (χ1n) is 7.85. The molecule has 0 radical (unpaired) electrons. The standard InChI is InChI=1S/C14H29N3O3S/c1-5-16(6-2)21(19,20)17-9-7-8-13(11-17)14(18)15-10-12(3)4/h12-13H,5-11H2,1-4H3,(H,15,18)/t13-/m0/s1. The van der Waals surface area contributed by atoms with Crippen molar-refractivity contribution in [3.8, 4) is 0 Å². The Hall–Kier alpha value is -0.660. The largest absolute Gasteiger partial charge is 0.356 e. The summed E-state index contributed by atoms with van der Waals surface area (Å²) in [7, 11) is -3.44. The number of hydrogen-bond donors (Lipinski definition) is 1. The van der Waals surface area contributed by atoms with Crippen LogP contribution in [0.25, 0.3) is 0 Å². The molecule has 7 heteroatoms. The lowest BCUT2D eigenvalue weighted by Crippen LogP contribution is -2.50. The molecule has 0 saturated carbocycles. The SMILES string of the molecule is CCN(CC)S(=O)(=O)N1CCC[C@H](C(=O)NCC(C)C)C1. The minimum absolute atomic E-state index is 0.0249. The normalized spacial score (nSPS) is 21.0. The molecule has 0 spiro atoms. The van der Waals surface area contributed by atoms with Crippen molar-refractivity contribution in [3.63, 3.8) is 0 Å². The quantitative estimate of drug-likeness (QED) is 0.763. The predicted octanol–water partition coefficient (Wildman–Crippen LogP) is 1.06. The first-order valence-corrected chi connectivity index (χ1v) is 9.25. The number of piperidine rings is 1. The van der Waals surface area contributed by atoms with Crippen LogP contribution in [-0.4, -0.2) is 55.7 Å². The molecule has 0 bridgehead atoms. The molecule has 1 atom stereocenters. The summed E-state index contributed by atoms with van der Waals surface area (Å²) in [4.78, 5) is 12.1. The van der Waals surface area contributed by atoms with Crippen LogP contribution in [0.3, 0.4) is 0 Å². The van der Waals surface area contributed by atoms with E-state index in [4.69, 9.17) is 0 Å². The third-order valence-corrected chi connectivity index (χ3v) is 5.95. The van der Waals surface area contributed by atoms with E-state index in [-0.39, 0.29) is 11.8 Å². The van der Waals surface area contributed by atoms with Crippen LogP contribution in [0, 0.1) is 11.8 Å². The average molecular weight is 319 g/mol. The Morgan fingerprint density at radius 1 is 1.33 bits per heavy atom. The molecule has 21 heavy (non-hydrogen) atoms. The van der Waals surface area contributed by atoms with Crippen LogP contribution in [0.4, 0.5) is 0 Å². The smallest absolute Gasteiger partial charge is 0.281 e. The van der Waals surface area contributed by atoms with Crippen LogP contribution in [-0.2, 0) is 15.0 Å². The van der Waals surface area contributed by atoms with Gasteiger partial charge in [0.1, 0.15) is 0 Å². The number of carbonyl (C=O) groups is 1. The third-order valence-electron chi connectivity index (χ3n) is 3.80. The van der Waals surface area contributed by atoms with Gasteiger partial charge in [-0.25, -0.2) is 0 Å². The fourth-order valence-electron chi connectivity index (χ4n) is 2.53. The Labute approximate surface area is 129 Å². The zero-order chi connectivity index (χ0) is 16.0. The summed E-state index contributed by atoms with van der Waals surface area (Å²) in [5.74, 6) is 0.138. The van der Waals surface area contributed by atoms with E-state index >= 15 is 0 Å². The molecule has 0 aromatic carbocycles. The summed E-state index contributed by atoms with van der Waals surface area (Å²) < 4.78 is 27.9. The zero-order valence-corrected chi connectivity index (χ0v) is 14.4. The van der Waals surface area contributed by atoms with E-state index in [2.05, 4.69) is 5.32 Å². The maximum Gasteiger partial charge on any atom is 0.281 e. The third kappa shape index (κ3) is 4.93. The van der Waals surface area contributed by atoms with Crippen molar-refractivity contribution in [2.75, 3.05) is 32.7 Å². The van der Waals surface area contributed by atoms with Gasteiger partial charge in [-0.2, -0.15) is 17.0 Å². The minimum atomic E-state index is -3.44. The first kappa shape index (κ1) is 18.4. The summed E-state index contributed by atoms with van der Waals surface area (Å²) >= 11 is 0. The lowest BCUT2D eigenvalue weighted by Gasteiger charge is -2.34. The molecule has 0 aliphatic carbocycles. The van der Waals surface area contributed by atoms with Crippen molar-refractivity contribution in [2.24, 2.45) is 11.8 Å². The van der Waals surface area contributed by atoms with E-state index in [0.717, 1.165) is 12.8 Å². The lowest BCUT2D eigenvalue weighted by atomic mass is 9.98. The van der Waals surface area contributed by atoms with E-state index in [9.17, 15) is 13.2 Å². The van der Waals surface area contributed by atoms with E-state index in [0.29, 0.717) is 38.6 Å². The molecule has 1 N–H and O–H groups in total. The molecule has 1 amide bonds. The summed E-state index contributed by atoms with van der Waals surface area (Å²) in [5, 5.41) is 2.91. The highest BCUT2D eigenvalue weighted by atomic mass is 32.2. The van der Waals surface area contributed by atoms with Gasteiger partial charge >= 0.3 is 0 Å². The van der Waals surface area contributed by atoms with Crippen LogP contribution in [0.5, 0.6) is 0 Å². The highest BCUT2D eigenvalue weighted by molar-refractivity contribution is 7.86. The van der Waals surface area contributed by atoms with Gasteiger partial charge in [0.25, 0.3) is 10.2 Å². The van der Waals surface area contributed by atoms with Crippen molar-refractivity contribution in [2.45, 2.75) is 40.5 Å². The first-order chi connectivity index (χ1) is 9.82. The Balaban J connectivity index is 2.69. The number of nitrogens with one attached hydrogen (secondary N) is 1. The Morgan fingerprint density at radius 2 is 1.95 bits per heavy atom. The monoisotopic (exact) mass is 319 g/mol. The van der Waals surface area contributed by atoms with Crippen LogP contribution >= 0.6 is 0 Å². The zero-order valence-electron chi connectivity index (χ0n) is 13.6. The van der Waals surface area contributed by atoms with Gasteiger partial charge in [-0.15, -0.1) is 0 Å². The van der Waals surface area contributed by atoms with Crippen molar-refractivity contribution in [1.29, 1.82) is 0 Å². The number of amides is 1. The van der Waals surface area contributed by atoms with Crippen LogP contribution < -0.4 is 5.32 Å². The molecule has 6 nitrogen and oxygen atoms in total. The molecule has 0 unspecified atom stereocenters. The summed E-state index contributed by atoms with van der Waals surface area (Å²) in [5.41, 5.74) is 0. The van der Waals surface area contributed by atoms with Gasteiger partial charge in [0, 0.05) is 32.7 Å². The molecule has 0 aromatic heterocycles. The molecule has 1 heterocycles. The predicted molar refractivity (Wildman–Crippen MR) is 84.0 cm³/mol. The summed E-state index contributed by atoms with van der Waals surface area (Å²) in [6, 6.07) is 0. The maximum absolute atomic E-state index is 12.5. The van der Waals surface area contributed by atoms with Gasteiger partial charge in [-0.3, -0.25) is 4.79 Å². The maximum atomic E-state index is 12.5. The highest BCUT2D eigenvalue weighted by Gasteiger charge is 2.34. The lowest BCUT2D eigenvalue weighted by molar-refractivity contribution is -0.126. The van der Waals surface area contributed by atoms with Gasteiger partial charge < -0.3 is 5.32 Å². The molecule has 1 saturated heterocycles. The number of rotatable bonds is 7. The average Bonchev–Trinajstić information content (AvgIpc) is 2.45. The van der Waals surface area contributed by atoms with Crippen molar-refractivity contribution in [3.05, 3.63) is 0 Å². The fourth-order valence-corrected chi connectivity index (χ4v) is 4.24. The van der Waals surface area contributed by atoms with Gasteiger partial charge in [0.15, 0.2) is 0 Å². The van der Waals surface area contributed by atoms with Crippen LogP contribution in [0.1, 0.15) is 40.5 Å². The molecule has 1 aliphatic rings. The Bertz CT molecular complexity index is 433. The molecule has 1 rings (SSSR count). The van der Waals surface area contributed by atoms with Gasteiger partial charge in [-0.1, -0.05) is 27.7 Å². The summed E-state index contributed by atoms with van der Waals surface area (Å²) in [6.45, 7) is 10.1. The van der Waals surface area contributed by atoms with Gasteiger partial charge in [0.05, 0.1) is 5.92 Å².